The Morgan fingerprint density at radius 3 is 2.46 bits per heavy atom. The molecule has 1 aromatic heterocycles. The molecule has 0 aromatic carbocycles. The molecule has 0 spiro atoms. The van der Waals surface area contributed by atoms with Crippen LogP contribution in [0.15, 0.2) is 4.42 Å². The van der Waals surface area contributed by atoms with Crippen LogP contribution in [0.3, 0.4) is 0 Å². The van der Waals surface area contributed by atoms with Crippen LogP contribution in [0.1, 0.15) is 22.1 Å². The van der Waals surface area contributed by atoms with Crippen molar-refractivity contribution in [3.8, 4) is 0 Å². The van der Waals surface area contributed by atoms with Gasteiger partial charge in [-0.05, 0) is 0 Å². The van der Waals surface area contributed by atoms with E-state index < -0.39 is 5.97 Å². The number of hydrogen-bond donors (Lipinski definition) is 2. The van der Waals surface area contributed by atoms with E-state index in [1.807, 2.05) is 0 Å². The topological polar surface area (TPSA) is 89.3 Å². The van der Waals surface area contributed by atoms with Crippen LogP contribution in [0, 0.1) is 6.92 Å². The molecular formula is C6H10Cl2N2O3. The summed E-state index contributed by atoms with van der Waals surface area (Å²) >= 11 is 0. The van der Waals surface area contributed by atoms with Gasteiger partial charge in [-0.15, -0.1) is 24.8 Å². The highest BCUT2D eigenvalue weighted by molar-refractivity contribution is 5.86. The van der Waals surface area contributed by atoms with Crippen molar-refractivity contribution >= 4 is 30.8 Å². The number of aryl methyl sites for hydroxylation is 1. The van der Waals surface area contributed by atoms with Crippen LogP contribution in [0.5, 0.6) is 0 Å². The van der Waals surface area contributed by atoms with Gasteiger partial charge in [0.05, 0.1) is 0 Å². The molecule has 1 aromatic rings. The van der Waals surface area contributed by atoms with Gasteiger partial charge in [0.2, 0.25) is 5.76 Å². The summed E-state index contributed by atoms with van der Waals surface area (Å²) in [6.45, 7) is 1.66. The maximum absolute atomic E-state index is 10.4. The number of halogens is 2. The van der Waals surface area contributed by atoms with E-state index in [1.165, 1.54) is 0 Å². The quantitative estimate of drug-likeness (QED) is 0.788. The predicted octanol–water partition coefficient (Wildman–Crippen LogP) is 0.984. The van der Waals surface area contributed by atoms with Crippen LogP contribution in [0.25, 0.3) is 0 Å². The minimum absolute atomic E-state index is 0. The average Bonchev–Trinajstić information content (AvgIpc) is 2.30. The molecule has 1 heterocycles. The summed E-state index contributed by atoms with van der Waals surface area (Å²) in [5.41, 5.74) is 5.50. The average molecular weight is 229 g/mol. The molecule has 0 aliphatic carbocycles. The molecule has 0 bridgehead atoms. The van der Waals surface area contributed by atoms with Gasteiger partial charge in [-0.3, -0.25) is 0 Å². The summed E-state index contributed by atoms with van der Waals surface area (Å²) in [5.74, 6) is -0.973. The van der Waals surface area contributed by atoms with Crippen LogP contribution in [0.2, 0.25) is 0 Å². The summed E-state index contributed by atoms with van der Waals surface area (Å²) in [6, 6.07) is 0. The van der Waals surface area contributed by atoms with Gasteiger partial charge in [-0.2, -0.15) is 0 Å². The van der Waals surface area contributed by atoms with Crippen LogP contribution in [0.4, 0.5) is 0 Å². The van der Waals surface area contributed by atoms with Crippen molar-refractivity contribution in [2.45, 2.75) is 13.5 Å². The molecule has 1 rings (SSSR count). The molecule has 0 aliphatic heterocycles. The number of aromatic carboxylic acids is 1. The van der Waals surface area contributed by atoms with Crippen LogP contribution >= 0.6 is 24.8 Å². The van der Waals surface area contributed by atoms with Crippen molar-refractivity contribution in [1.82, 2.24) is 4.98 Å². The van der Waals surface area contributed by atoms with Crippen LogP contribution in [-0.2, 0) is 6.54 Å². The monoisotopic (exact) mass is 228 g/mol. The van der Waals surface area contributed by atoms with E-state index in [1.54, 1.807) is 6.92 Å². The third-order valence-corrected chi connectivity index (χ3v) is 1.19. The third-order valence-electron chi connectivity index (χ3n) is 1.19. The minimum Gasteiger partial charge on any atom is -0.475 e. The third kappa shape index (κ3) is 3.22. The first kappa shape index (κ1) is 14.7. The fourth-order valence-electron chi connectivity index (χ4n) is 0.776. The standard InChI is InChI=1S/C6H8N2O3.2ClH/c1-3-8-4(2-7)5(11-3)6(9)10;;/h2,7H2,1H3,(H,9,10);2*1H. The molecule has 7 heteroatoms. The Balaban J connectivity index is 0. The molecule has 0 unspecified atom stereocenters. The summed E-state index contributed by atoms with van der Waals surface area (Å²) in [7, 11) is 0. The fourth-order valence-corrected chi connectivity index (χ4v) is 0.776. The lowest BCUT2D eigenvalue weighted by molar-refractivity contribution is 0.0659. The Bertz CT molecular complexity index is 287. The molecular weight excluding hydrogens is 219 g/mol. The number of carbonyl (C=O) groups is 1. The van der Waals surface area contributed by atoms with Gasteiger partial charge in [0.15, 0.2) is 5.89 Å². The molecule has 0 radical (unpaired) electrons. The highest BCUT2D eigenvalue weighted by atomic mass is 35.5. The first-order valence-corrected chi connectivity index (χ1v) is 3.04. The SMILES string of the molecule is Cc1nc(CN)c(C(=O)O)o1.Cl.Cl. The van der Waals surface area contributed by atoms with E-state index in [2.05, 4.69) is 4.98 Å². The molecule has 13 heavy (non-hydrogen) atoms. The van der Waals surface area contributed by atoms with Gasteiger partial charge >= 0.3 is 5.97 Å². The van der Waals surface area contributed by atoms with Crippen molar-refractivity contribution < 1.29 is 14.3 Å². The minimum atomic E-state index is -1.13. The molecule has 0 saturated heterocycles. The Morgan fingerprint density at radius 2 is 2.15 bits per heavy atom. The molecule has 5 nitrogen and oxygen atoms in total. The second-order valence-corrected chi connectivity index (χ2v) is 2.02. The zero-order valence-corrected chi connectivity index (χ0v) is 8.44. The number of rotatable bonds is 2. The first-order valence-electron chi connectivity index (χ1n) is 3.04. The lowest BCUT2D eigenvalue weighted by Gasteiger charge is -1.88. The van der Waals surface area contributed by atoms with Crippen LogP contribution in [-0.4, -0.2) is 16.1 Å². The lowest BCUT2D eigenvalue weighted by atomic mass is 10.3. The van der Waals surface area contributed by atoms with Gasteiger partial charge in [-0.25, -0.2) is 9.78 Å². The van der Waals surface area contributed by atoms with E-state index in [0.29, 0.717) is 5.89 Å². The van der Waals surface area contributed by atoms with E-state index in [4.69, 9.17) is 15.3 Å². The highest BCUT2D eigenvalue weighted by Gasteiger charge is 2.15. The second kappa shape index (κ2) is 5.80. The van der Waals surface area contributed by atoms with E-state index in [0.717, 1.165) is 0 Å². The predicted molar refractivity (Wildman–Crippen MR) is 50.6 cm³/mol. The molecule has 0 aliphatic rings. The summed E-state index contributed by atoms with van der Waals surface area (Å²) < 4.78 is 4.78. The molecule has 0 atom stereocenters. The smallest absolute Gasteiger partial charge is 0.373 e. The largest absolute Gasteiger partial charge is 0.475 e. The Morgan fingerprint density at radius 1 is 1.62 bits per heavy atom. The summed E-state index contributed by atoms with van der Waals surface area (Å²) in [6.07, 6.45) is 0. The highest BCUT2D eigenvalue weighted by Crippen LogP contribution is 2.09. The molecule has 0 amide bonds. The van der Waals surface area contributed by atoms with E-state index in [-0.39, 0.29) is 42.8 Å². The van der Waals surface area contributed by atoms with E-state index >= 15 is 0 Å². The lowest BCUT2D eigenvalue weighted by Crippen LogP contribution is -2.04. The fraction of sp³-hybridized carbons (Fsp3) is 0.333. The number of carboxylic acid groups (broad SMARTS) is 1. The Labute approximate surface area is 87.1 Å². The Kier molecular flexibility index (Phi) is 6.57. The van der Waals surface area contributed by atoms with Crippen LogP contribution < -0.4 is 5.73 Å². The van der Waals surface area contributed by atoms with Crippen molar-refractivity contribution in [2.24, 2.45) is 5.73 Å². The normalized spacial score (nSPS) is 8.46. The van der Waals surface area contributed by atoms with Gasteiger partial charge < -0.3 is 15.3 Å². The zero-order chi connectivity index (χ0) is 8.43. The zero-order valence-electron chi connectivity index (χ0n) is 6.81. The number of oxazole rings is 1. The molecule has 3 N–H and O–H groups in total. The number of nitrogens with zero attached hydrogens (tertiary/aromatic N) is 1. The molecule has 0 fully saturated rings. The van der Waals surface area contributed by atoms with Crippen molar-refractivity contribution in [3.63, 3.8) is 0 Å². The van der Waals surface area contributed by atoms with Crippen molar-refractivity contribution in [3.05, 3.63) is 17.3 Å². The van der Waals surface area contributed by atoms with E-state index in [9.17, 15) is 4.79 Å². The van der Waals surface area contributed by atoms with Crippen molar-refractivity contribution in [1.29, 1.82) is 0 Å². The Hall–Kier alpha value is -0.780. The maximum atomic E-state index is 10.4. The van der Waals surface area contributed by atoms with Crippen molar-refractivity contribution in [2.75, 3.05) is 0 Å². The molecule has 0 saturated carbocycles. The second-order valence-electron chi connectivity index (χ2n) is 2.02. The number of nitrogens with two attached hydrogens (primary N) is 1. The number of aromatic nitrogens is 1. The van der Waals surface area contributed by atoms with Gasteiger partial charge in [0, 0.05) is 13.5 Å². The maximum Gasteiger partial charge on any atom is 0.373 e. The van der Waals surface area contributed by atoms with Gasteiger partial charge in [-0.1, -0.05) is 0 Å². The van der Waals surface area contributed by atoms with Gasteiger partial charge in [0.25, 0.3) is 0 Å². The number of hydrogen-bond acceptors (Lipinski definition) is 4. The summed E-state index contributed by atoms with van der Waals surface area (Å²) in [4.78, 5) is 14.2. The first-order chi connectivity index (χ1) is 5.15. The molecule has 76 valence electrons. The summed E-state index contributed by atoms with van der Waals surface area (Å²) in [5, 5.41) is 8.52. The van der Waals surface area contributed by atoms with Gasteiger partial charge in [0.1, 0.15) is 5.69 Å². The number of carboxylic acids is 1.